The summed E-state index contributed by atoms with van der Waals surface area (Å²) in [7, 11) is 0. The fraction of sp³-hybridized carbons (Fsp3) is 0.167. The number of benzene rings is 2. The topological polar surface area (TPSA) is 64.1 Å². The van der Waals surface area contributed by atoms with Gasteiger partial charge in [-0.25, -0.2) is 0 Å². The van der Waals surface area contributed by atoms with Gasteiger partial charge in [-0.2, -0.15) is 0 Å². The zero-order valence-electron chi connectivity index (χ0n) is 13.9. The van der Waals surface area contributed by atoms with E-state index >= 15 is 0 Å². The van der Waals surface area contributed by atoms with Crippen molar-refractivity contribution >= 4 is 34.7 Å². The van der Waals surface area contributed by atoms with Gasteiger partial charge in [-0.3, -0.25) is 4.79 Å². The molecule has 0 atom stereocenters. The normalized spacial score (nSPS) is 10.5. The van der Waals surface area contributed by atoms with Crippen LogP contribution in [0.4, 0.5) is 5.69 Å². The van der Waals surface area contributed by atoms with Crippen molar-refractivity contribution in [2.45, 2.75) is 18.2 Å². The van der Waals surface area contributed by atoms with E-state index in [0.717, 1.165) is 20.7 Å². The molecule has 7 heteroatoms. The Balaban J connectivity index is 1.63. The Bertz CT molecular complexity index is 863. The SMILES string of the molecule is Cc1ccc(Oc2ccccc2NC(=O)CSc2nnc(C)s2)cc1. The van der Waals surface area contributed by atoms with E-state index in [1.807, 2.05) is 62.4 Å². The van der Waals surface area contributed by atoms with Crippen molar-refractivity contribution < 1.29 is 9.53 Å². The van der Waals surface area contributed by atoms with Crippen LogP contribution in [0.15, 0.2) is 52.9 Å². The number of ether oxygens (including phenoxy) is 1. The van der Waals surface area contributed by atoms with E-state index in [4.69, 9.17) is 4.74 Å². The van der Waals surface area contributed by atoms with Crippen molar-refractivity contribution in [2.24, 2.45) is 0 Å². The standard InChI is InChI=1S/C18H17N3O2S2/c1-12-7-9-14(10-8-12)23-16-6-4-3-5-15(16)19-17(22)11-24-18-21-20-13(2)25-18/h3-10H,11H2,1-2H3,(H,19,22). The molecule has 1 aromatic heterocycles. The van der Waals surface area contributed by atoms with Crippen molar-refractivity contribution in [3.05, 3.63) is 59.1 Å². The molecule has 0 radical (unpaired) electrons. The summed E-state index contributed by atoms with van der Waals surface area (Å²) in [6.45, 7) is 3.91. The number of nitrogens with one attached hydrogen (secondary N) is 1. The summed E-state index contributed by atoms with van der Waals surface area (Å²) in [6, 6.07) is 15.2. The summed E-state index contributed by atoms with van der Waals surface area (Å²) in [4.78, 5) is 12.2. The van der Waals surface area contributed by atoms with E-state index in [1.165, 1.54) is 23.1 Å². The number of amides is 1. The van der Waals surface area contributed by atoms with Crippen molar-refractivity contribution in [2.75, 3.05) is 11.1 Å². The van der Waals surface area contributed by atoms with E-state index in [9.17, 15) is 4.79 Å². The van der Waals surface area contributed by atoms with Gasteiger partial charge in [0.25, 0.3) is 0 Å². The molecule has 1 amide bonds. The van der Waals surface area contributed by atoms with E-state index in [1.54, 1.807) is 0 Å². The molecule has 2 aromatic carbocycles. The second-order valence-corrected chi connectivity index (χ2v) is 7.74. The molecule has 0 unspecified atom stereocenters. The monoisotopic (exact) mass is 371 g/mol. The first kappa shape index (κ1) is 17.4. The molecule has 0 saturated heterocycles. The zero-order valence-corrected chi connectivity index (χ0v) is 15.5. The van der Waals surface area contributed by atoms with Gasteiger partial charge in [0.05, 0.1) is 11.4 Å². The number of thioether (sulfide) groups is 1. The fourth-order valence-corrected chi connectivity index (χ4v) is 3.66. The molecule has 25 heavy (non-hydrogen) atoms. The number of carbonyl (C=O) groups excluding carboxylic acids is 1. The first-order chi connectivity index (χ1) is 12.1. The Morgan fingerprint density at radius 3 is 2.60 bits per heavy atom. The van der Waals surface area contributed by atoms with Crippen LogP contribution in [0.25, 0.3) is 0 Å². The quantitative estimate of drug-likeness (QED) is 0.638. The molecule has 3 aromatic rings. The zero-order chi connectivity index (χ0) is 17.6. The van der Waals surface area contributed by atoms with Gasteiger partial charge in [0.2, 0.25) is 5.91 Å². The molecule has 0 saturated carbocycles. The van der Waals surface area contributed by atoms with Crippen LogP contribution < -0.4 is 10.1 Å². The van der Waals surface area contributed by atoms with E-state index in [0.29, 0.717) is 11.4 Å². The first-order valence-corrected chi connectivity index (χ1v) is 9.46. The van der Waals surface area contributed by atoms with Crippen LogP contribution in [-0.2, 0) is 4.79 Å². The molecule has 0 spiro atoms. The molecule has 0 aliphatic rings. The van der Waals surface area contributed by atoms with Crippen LogP contribution in [-0.4, -0.2) is 21.9 Å². The molecular weight excluding hydrogens is 354 g/mol. The second-order valence-electron chi connectivity index (χ2n) is 5.34. The van der Waals surface area contributed by atoms with Crippen LogP contribution in [0, 0.1) is 13.8 Å². The number of carbonyl (C=O) groups is 1. The highest BCUT2D eigenvalue weighted by atomic mass is 32.2. The fourth-order valence-electron chi connectivity index (χ4n) is 2.04. The highest BCUT2D eigenvalue weighted by Crippen LogP contribution is 2.30. The maximum Gasteiger partial charge on any atom is 0.234 e. The highest BCUT2D eigenvalue weighted by molar-refractivity contribution is 8.01. The van der Waals surface area contributed by atoms with Crippen molar-refractivity contribution in [1.82, 2.24) is 10.2 Å². The maximum absolute atomic E-state index is 12.2. The molecule has 128 valence electrons. The molecular formula is C18H17N3O2S2. The number of aromatic nitrogens is 2. The lowest BCUT2D eigenvalue weighted by atomic mass is 10.2. The third kappa shape index (κ3) is 5.04. The van der Waals surface area contributed by atoms with Gasteiger partial charge in [-0.15, -0.1) is 10.2 Å². The maximum atomic E-state index is 12.2. The number of anilines is 1. The Morgan fingerprint density at radius 1 is 1.12 bits per heavy atom. The average Bonchev–Trinajstić information content (AvgIpc) is 3.02. The Labute approximate surface area is 154 Å². The molecule has 0 aliphatic heterocycles. The second kappa shape index (κ2) is 8.13. The number of rotatable bonds is 6. The highest BCUT2D eigenvalue weighted by Gasteiger charge is 2.10. The molecule has 3 rings (SSSR count). The summed E-state index contributed by atoms with van der Waals surface area (Å²) in [5, 5.41) is 11.7. The molecule has 5 nitrogen and oxygen atoms in total. The molecule has 0 aliphatic carbocycles. The largest absolute Gasteiger partial charge is 0.455 e. The summed E-state index contributed by atoms with van der Waals surface area (Å²) < 4.78 is 6.68. The van der Waals surface area contributed by atoms with Crippen LogP contribution in [0.2, 0.25) is 0 Å². The Hall–Kier alpha value is -2.38. The smallest absolute Gasteiger partial charge is 0.234 e. The third-order valence-corrected chi connectivity index (χ3v) is 5.22. The van der Waals surface area contributed by atoms with Gasteiger partial charge in [0.15, 0.2) is 10.1 Å². The van der Waals surface area contributed by atoms with Gasteiger partial charge < -0.3 is 10.1 Å². The number of aryl methyl sites for hydroxylation is 2. The summed E-state index contributed by atoms with van der Waals surface area (Å²) >= 11 is 2.85. The summed E-state index contributed by atoms with van der Waals surface area (Å²) in [5.74, 6) is 1.49. The minimum Gasteiger partial charge on any atom is -0.455 e. The minimum atomic E-state index is -0.113. The number of para-hydroxylation sites is 2. The lowest BCUT2D eigenvalue weighted by Gasteiger charge is -2.12. The van der Waals surface area contributed by atoms with Gasteiger partial charge in [0.1, 0.15) is 10.8 Å². The molecule has 1 heterocycles. The molecule has 1 N–H and O–H groups in total. The molecule has 0 fully saturated rings. The number of hydrogen-bond donors (Lipinski definition) is 1. The van der Waals surface area contributed by atoms with Gasteiger partial charge >= 0.3 is 0 Å². The lowest BCUT2D eigenvalue weighted by Crippen LogP contribution is -2.14. The van der Waals surface area contributed by atoms with Gasteiger partial charge in [0, 0.05) is 0 Å². The van der Waals surface area contributed by atoms with E-state index in [-0.39, 0.29) is 11.7 Å². The van der Waals surface area contributed by atoms with Crippen LogP contribution in [0.3, 0.4) is 0 Å². The Morgan fingerprint density at radius 2 is 1.88 bits per heavy atom. The summed E-state index contributed by atoms with van der Waals surface area (Å²) in [5.41, 5.74) is 1.81. The van der Waals surface area contributed by atoms with Crippen molar-refractivity contribution in [1.29, 1.82) is 0 Å². The number of nitrogens with zero attached hydrogens (tertiary/aromatic N) is 2. The third-order valence-electron chi connectivity index (χ3n) is 3.24. The van der Waals surface area contributed by atoms with Crippen molar-refractivity contribution in [3.63, 3.8) is 0 Å². The first-order valence-electron chi connectivity index (χ1n) is 7.66. The van der Waals surface area contributed by atoms with E-state index < -0.39 is 0 Å². The van der Waals surface area contributed by atoms with Gasteiger partial charge in [-0.1, -0.05) is 52.9 Å². The van der Waals surface area contributed by atoms with Crippen LogP contribution in [0.5, 0.6) is 11.5 Å². The summed E-state index contributed by atoms with van der Waals surface area (Å²) in [6.07, 6.45) is 0. The van der Waals surface area contributed by atoms with Crippen LogP contribution >= 0.6 is 23.1 Å². The molecule has 0 bridgehead atoms. The number of hydrogen-bond acceptors (Lipinski definition) is 6. The Kier molecular flexibility index (Phi) is 5.67. The predicted octanol–water partition coefficient (Wildman–Crippen LogP) is 4.68. The van der Waals surface area contributed by atoms with Crippen molar-refractivity contribution in [3.8, 4) is 11.5 Å². The lowest BCUT2D eigenvalue weighted by molar-refractivity contribution is -0.113. The average molecular weight is 371 g/mol. The van der Waals surface area contributed by atoms with Crippen LogP contribution in [0.1, 0.15) is 10.6 Å². The predicted molar refractivity (Wildman–Crippen MR) is 102 cm³/mol. The van der Waals surface area contributed by atoms with E-state index in [2.05, 4.69) is 15.5 Å². The van der Waals surface area contributed by atoms with Gasteiger partial charge in [-0.05, 0) is 38.1 Å². The minimum absolute atomic E-state index is 0.113.